The van der Waals surface area contributed by atoms with E-state index in [1.54, 1.807) is 6.26 Å². The van der Waals surface area contributed by atoms with E-state index in [9.17, 15) is 4.79 Å². The van der Waals surface area contributed by atoms with Crippen LogP contribution in [-0.2, 0) is 11.2 Å². The largest absolute Gasteiger partial charge is 0.469 e. The van der Waals surface area contributed by atoms with E-state index in [1.807, 2.05) is 12.1 Å². The minimum Gasteiger partial charge on any atom is -0.469 e. The van der Waals surface area contributed by atoms with Crippen LogP contribution < -0.4 is 11.1 Å². The quantitative estimate of drug-likeness (QED) is 0.645. The smallest absolute Gasteiger partial charge is 0.220 e. The van der Waals surface area contributed by atoms with Crippen LogP contribution in [0.4, 0.5) is 0 Å². The Hall–Kier alpha value is -1.29. The Kier molecular flexibility index (Phi) is 7.14. The van der Waals surface area contributed by atoms with Gasteiger partial charge in [-0.2, -0.15) is 0 Å². The number of furan rings is 1. The van der Waals surface area contributed by atoms with Gasteiger partial charge in [0.05, 0.1) is 6.26 Å². The third-order valence-corrected chi connectivity index (χ3v) is 2.63. The van der Waals surface area contributed by atoms with E-state index in [-0.39, 0.29) is 5.91 Å². The van der Waals surface area contributed by atoms with Gasteiger partial charge in [0, 0.05) is 19.4 Å². The maximum absolute atomic E-state index is 11.4. The van der Waals surface area contributed by atoms with Crippen molar-refractivity contribution >= 4 is 5.91 Å². The van der Waals surface area contributed by atoms with Crippen LogP contribution in [0.1, 0.15) is 37.9 Å². The number of hydrogen-bond donors (Lipinski definition) is 2. The second-order valence-corrected chi connectivity index (χ2v) is 4.13. The molecule has 1 heterocycles. The standard InChI is InChI=1S/C13H22N2O2/c14-9-4-2-1-3-7-13(16)15-10-8-12-6-5-11-17-12/h5-6,11H,1-4,7-10,14H2,(H,15,16). The predicted octanol–water partition coefficient (Wildman–Crippen LogP) is 1.85. The number of unbranched alkanes of at least 4 members (excludes halogenated alkanes) is 3. The number of rotatable bonds is 9. The van der Waals surface area contributed by atoms with Crippen LogP contribution in [0.5, 0.6) is 0 Å². The normalized spacial score (nSPS) is 10.4. The fraction of sp³-hybridized carbons (Fsp3) is 0.615. The van der Waals surface area contributed by atoms with Gasteiger partial charge in [0.25, 0.3) is 0 Å². The first-order valence-electron chi connectivity index (χ1n) is 6.32. The van der Waals surface area contributed by atoms with Gasteiger partial charge < -0.3 is 15.5 Å². The van der Waals surface area contributed by atoms with E-state index in [1.165, 1.54) is 0 Å². The zero-order valence-corrected chi connectivity index (χ0v) is 10.3. The molecule has 4 nitrogen and oxygen atoms in total. The topological polar surface area (TPSA) is 68.3 Å². The highest BCUT2D eigenvalue weighted by molar-refractivity contribution is 5.75. The first-order chi connectivity index (χ1) is 8.33. The molecule has 1 amide bonds. The summed E-state index contributed by atoms with van der Waals surface area (Å²) in [5.41, 5.74) is 5.39. The van der Waals surface area contributed by atoms with Gasteiger partial charge in [-0.1, -0.05) is 12.8 Å². The van der Waals surface area contributed by atoms with Crippen LogP contribution >= 0.6 is 0 Å². The van der Waals surface area contributed by atoms with Gasteiger partial charge in [-0.3, -0.25) is 4.79 Å². The summed E-state index contributed by atoms with van der Waals surface area (Å²) in [6, 6.07) is 3.77. The molecule has 0 radical (unpaired) electrons. The molecule has 1 aromatic heterocycles. The molecule has 1 rings (SSSR count). The molecular weight excluding hydrogens is 216 g/mol. The van der Waals surface area contributed by atoms with Crippen LogP contribution in [-0.4, -0.2) is 19.0 Å². The zero-order chi connectivity index (χ0) is 12.3. The van der Waals surface area contributed by atoms with E-state index >= 15 is 0 Å². The highest BCUT2D eigenvalue weighted by Crippen LogP contribution is 2.02. The molecule has 0 aliphatic rings. The first kappa shape index (κ1) is 13.8. The van der Waals surface area contributed by atoms with Crippen molar-refractivity contribution in [2.75, 3.05) is 13.1 Å². The van der Waals surface area contributed by atoms with Crippen LogP contribution in [0.3, 0.4) is 0 Å². The Morgan fingerprint density at radius 1 is 1.29 bits per heavy atom. The summed E-state index contributed by atoms with van der Waals surface area (Å²) in [5, 5.41) is 2.89. The second kappa shape index (κ2) is 8.82. The fourth-order valence-corrected chi connectivity index (χ4v) is 1.65. The van der Waals surface area contributed by atoms with E-state index < -0.39 is 0 Å². The fourth-order valence-electron chi connectivity index (χ4n) is 1.65. The lowest BCUT2D eigenvalue weighted by Crippen LogP contribution is -2.25. The van der Waals surface area contributed by atoms with Crippen molar-refractivity contribution in [3.8, 4) is 0 Å². The number of amides is 1. The van der Waals surface area contributed by atoms with Crippen LogP contribution in [0.25, 0.3) is 0 Å². The van der Waals surface area contributed by atoms with Crippen molar-refractivity contribution in [3.63, 3.8) is 0 Å². The van der Waals surface area contributed by atoms with Crippen molar-refractivity contribution in [2.24, 2.45) is 5.73 Å². The van der Waals surface area contributed by atoms with Crippen molar-refractivity contribution in [1.29, 1.82) is 0 Å². The Bertz CT molecular complexity index is 296. The van der Waals surface area contributed by atoms with Crippen molar-refractivity contribution in [1.82, 2.24) is 5.32 Å². The van der Waals surface area contributed by atoms with E-state index in [0.717, 1.165) is 44.4 Å². The third-order valence-electron chi connectivity index (χ3n) is 2.63. The number of nitrogens with two attached hydrogens (primary N) is 1. The summed E-state index contributed by atoms with van der Waals surface area (Å²) in [7, 11) is 0. The van der Waals surface area contributed by atoms with Crippen molar-refractivity contribution in [2.45, 2.75) is 38.5 Å². The minimum atomic E-state index is 0.129. The average Bonchev–Trinajstić information content (AvgIpc) is 2.82. The predicted molar refractivity (Wildman–Crippen MR) is 67.6 cm³/mol. The third kappa shape index (κ3) is 6.79. The Balaban J connectivity index is 1.94. The van der Waals surface area contributed by atoms with Gasteiger partial charge in [-0.15, -0.1) is 0 Å². The molecule has 0 fully saturated rings. The van der Waals surface area contributed by atoms with Gasteiger partial charge >= 0.3 is 0 Å². The van der Waals surface area contributed by atoms with Crippen LogP contribution in [0, 0.1) is 0 Å². The molecule has 17 heavy (non-hydrogen) atoms. The van der Waals surface area contributed by atoms with E-state index in [2.05, 4.69) is 5.32 Å². The second-order valence-electron chi connectivity index (χ2n) is 4.13. The summed E-state index contributed by atoms with van der Waals surface area (Å²) >= 11 is 0. The summed E-state index contributed by atoms with van der Waals surface area (Å²) in [6.45, 7) is 1.39. The first-order valence-corrected chi connectivity index (χ1v) is 6.32. The molecule has 4 heteroatoms. The van der Waals surface area contributed by atoms with E-state index in [4.69, 9.17) is 10.2 Å². The highest BCUT2D eigenvalue weighted by atomic mass is 16.3. The average molecular weight is 238 g/mol. The SMILES string of the molecule is NCCCCCCC(=O)NCCc1ccco1. The molecule has 1 aromatic rings. The lowest BCUT2D eigenvalue weighted by atomic mass is 10.1. The van der Waals surface area contributed by atoms with Crippen molar-refractivity contribution in [3.05, 3.63) is 24.2 Å². The maximum Gasteiger partial charge on any atom is 0.220 e. The molecule has 96 valence electrons. The van der Waals surface area contributed by atoms with E-state index in [0.29, 0.717) is 13.0 Å². The summed E-state index contributed by atoms with van der Waals surface area (Å²) in [6.07, 6.45) is 7.23. The number of hydrogen-bond acceptors (Lipinski definition) is 3. The molecule has 0 atom stereocenters. The zero-order valence-electron chi connectivity index (χ0n) is 10.3. The molecule has 0 spiro atoms. The van der Waals surface area contributed by atoms with Gasteiger partial charge in [-0.25, -0.2) is 0 Å². The monoisotopic (exact) mass is 238 g/mol. The maximum atomic E-state index is 11.4. The highest BCUT2D eigenvalue weighted by Gasteiger charge is 2.01. The van der Waals surface area contributed by atoms with Gasteiger partial charge in [0.15, 0.2) is 0 Å². The Morgan fingerprint density at radius 2 is 2.12 bits per heavy atom. The Labute approximate surface area is 103 Å². The molecule has 0 aromatic carbocycles. The lowest BCUT2D eigenvalue weighted by molar-refractivity contribution is -0.121. The minimum absolute atomic E-state index is 0.129. The summed E-state index contributed by atoms with van der Waals surface area (Å²) < 4.78 is 5.18. The number of carbonyl (C=O) groups is 1. The summed E-state index contributed by atoms with van der Waals surface area (Å²) in [5.74, 6) is 1.04. The molecule has 0 aliphatic carbocycles. The molecule has 0 bridgehead atoms. The Morgan fingerprint density at radius 3 is 2.82 bits per heavy atom. The molecule has 0 saturated heterocycles. The van der Waals surface area contributed by atoms with Gasteiger partial charge in [0.1, 0.15) is 5.76 Å². The molecule has 0 saturated carbocycles. The van der Waals surface area contributed by atoms with Gasteiger partial charge in [0.2, 0.25) is 5.91 Å². The van der Waals surface area contributed by atoms with Gasteiger partial charge in [-0.05, 0) is 31.5 Å². The van der Waals surface area contributed by atoms with Crippen LogP contribution in [0.2, 0.25) is 0 Å². The molecule has 0 unspecified atom stereocenters. The van der Waals surface area contributed by atoms with Crippen molar-refractivity contribution < 1.29 is 9.21 Å². The summed E-state index contributed by atoms with van der Waals surface area (Å²) in [4.78, 5) is 11.4. The van der Waals surface area contributed by atoms with Crippen LogP contribution in [0.15, 0.2) is 22.8 Å². The molecular formula is C13H22N2O2. The molecule has 0 aliphatic heterocycles. The molecule has 3 N–H and O–H groups in total. The lowest BCUT2D eigenvalue weighted by Gasteiger charge is -2.03. The number of nitrogens with one attached hydrogen (secondary N) is 1. The number of carbonyl (C=O) groups excluding carboxylic acids is 1.